The molecule has 4 rings (SSSR count). The minimum atomic E-state index is -4.99. The monoisotopic (exact) mass is 599 g/mol. The molecule has 3 aromatic carbocycles. The molecule has 0 N–H and O–H groups in total. The standard InChI is InChI=1S/C30H28F7NO2S/c1-15(2)23-12-24(26(40-5)13-25(23)31)22-7-6-16(3)8-19(22)14-38-17(4)27(41-28(38)39)18-9-20(29(32,33)34)11-21(10-18)30(35,36)37/h6-13,15,17,27H,14H2,1-5H3. The molecule has 0 aromatic heterocycles. The molecule has 0 aliphatic carbocycles. The average molecular weight is 600 g/mol. The fourth-order valence-electron chi connectivity index (χ4n) is 5.00. The Morgan fingerprint density at radius 1 is 0.927 bits per heavy atom. The zero-order valence-electron chi connectivity index (χ0n) is 22.9. The normalized spacial score (nSPS) is 18.0. The molecule has 0 spiro atoms. The second kappa shape index (κ2) is 11.2. The number of nitrogens with zero attached hydrogens (tertiary/aromatic N) is 1. The van der Waals surface area contributed by atoms with Crippen LogP contribution in [-0.4, -0.2) is 23.3 Å². The molecule has 220 valence electrons. The van der Waals surface area contributed by atoms with Gasteiger partial charge in [0.1, 0.15) is 11.6 Å². The van der Waals surface area contributed by atoms with Crippen molar-refractivity contribution in [2.75, 3.05) is 7.11 Å². The fourth-order valence-corrected chi connectivity index (χ4v) is 6.20. The number of alkyl halides is 6. The molecule has 3 nitrogen and oxygen atoms in total. The molecule has 2 atom stereocenters. The van der Waals surface area contributed by atoms with Crippen LogP contribution in [0.5, 0.6) is 5.75 Å². The molecule has 0 radical (unpaired) electrons. The van der Waals surface area contributed by atoms with Crippen molar-refractivity contribution in [3.8, 4) is 16.9 Å². The van der Waals surface area contributed by atoms with Crippen LogP contribution in [0.2, 0.25) is 0 Å². The van der Waals surface area contributed by atoms with E-state index < -0.39 is 45.8 Å². The Labute approximate surface area is 237 Å². The number of halogens is 7. The van der Waals surface area contributed by atoms with Crippen LogP contribution in [-0.2, 0) is 18.9 Å². The van der Waals surface area contributed by atoms with Gasteiger partial charge in [-0.2, -0.15) is 26.3 Å². The lowest BCUT2D eigenvalue weighted by Gasteiger charge is -2.26. The summed E-state index contributed by atoms with van der Waals surface area (Å²) >= 11 is 0.693. The maximum absolute atomic E-state index is 14.7. The van der Waals surface area contributed by atoms with Gasteiger partial charge in [0.05, 0.1) is 23.5 Å². The molecular weight excluding hydrogens is 571 g/mol. The predicted molar refractivity (Wildman–Crippen MR) is 144 cm³/mol. The number of benzene rings is 3. The van der Waals surface area contributed by atoms with Gasteiger partial charge in [0.15, 0.2) is 0 Å². The maximum atomic E-state index is 14.7. The number of amides is 1. The van der Waals surface area contributed by atoms with Gasteiger partial charge in [0.25, 0.3) is 5.24 Å². The van der Waals surface area contributed by atoms with Gasteiger partial charge in [0, 0.05) is 24.2 Å². The van der Waals surface area contributed by atoms with E-state index in [0.717, 1.165) is 5.56 Å². The number of carbonyl (C=O) groups excluding carboxylic acids is 1. The molecule has 41 heavy (non-hydrogen) atoms. The second-order valence-electron chi connectivity index (χ2n) is 10.4. The summed E-state index contributed by atoms with van der Waals surface area (Å²) in [6.07, 6.45) is -9.99. The van der Waals surface area contributed by atoms with Crippen molar-refractivity contribution in [2.24, 2.45) is 0 Å². The molecule has 0 bridgehead atoms. The first kappa shape index (κ1) is 30.7. The number of ether oxygens (including phenoxy) is 1. The molecule has 1 aliphatic heterocycles. The van der Waals surface area contributed by atoms with E-state index in [0.29, 0.717) is 46.1 Å². The van der Waals surface area contributed by atoms with Crippen molar-refractivity contribution in [3.63, 3.8) is 0 Å². The van der Waals surface area contributed by atoms with Crippen LogP contribution < -0.4 is 4.74 Å². The van der Waals surface area contributed by atoms with Crippen molar-refractivity contribution in [3.05, 3.63) is 87.7 Å². The first-order valence-electron chi connectivity index (χ1n) is 12.7. The van der Waals surface area contributed by atoms with E-state index in [1.807, 2.05) is 39.0 Å². The van der Waals surface area contributed by atoms with E-state index in [-0.39, 0.29) is 29.8 Å². The van der Waals surface area contributed by atoms with E-state index in [1.165, 1.54) is 18.1 Å². The third kappa shape index (κ3) is 6.34. The quantitative estimate of drug-likeness (QED) is 0.264. The number of hydrogen-bond acceptors (Lipinski definition) is 3. The van der Waals surface area contributed by atoms with Gasteiger partial charge in [-0.1, -0.05) is 49.4 Å². The molecule has 3 aromatic rings. The Morgan fingerprint density at radius 2 is 1.54 bits per heavy atom. The van der Waals surface area contributed by atoms with E-state index in [1.54, 1.807) is 13.0 Å². The van der Waals surface area contributed by atoms with E-state index in [9.17, 15) is 35.5 Å². The van der Waals surface area contributed by atoms with Crippen LogP contribution in [0, 0.1) is 12.7 Å². The summed E-state index contributed by atoms with van der Waals surface area (Å²) in [5.41, 5.74) is 0.198. The highest BCUT2D eigenvalue weighted by atomic mass is 32.2. The molecule has 1 heterocycles. The summed E-state index contributed by atoms with van der Waals surface area (Å²) in [4.78, 5) is 14.6. The summed E-state index contributed by atoms with van der Waals surface area (Å²) in [6.45, 7) is 7.18. The van der Waals surface area contributed by atoms with E-state index >= 15 is 0 Å². The summed E-state index contributed by atoms with van der Waals surface area (Å²) in [5, 5.41) is -1.44. The lowest BCUT2D eigenvalue weighted by Crippen LogP contribution is -2.31. The number of rotatable bonds is 6. The highest BCUT2D eigenvalue weighted by molar-refractivity contribution is 8.14. The highest BCUT2D eigenvalue weighted by Crippen LogP contribution is 2.47. The molecule has 11 heteroatoms. The summed E-state index contributed by atoms with van der Waals surface area (Å²) < 4.78 is 101. The van der Waals surface area contributed by atoms with Crippen molar-refractivity contribution < 1.29 is 40.3 Å². The zero-order chi connectivity index (χ0) is 30.4. The SMILES string of the molecule is COc1cc(F)c(C(C)C)cc1-c1ccc(C)cc1CN1C(=O)SC(c2cc(C(F)(F)F)cc(C(F)(F)F)c2)C1C. The third-order valence-electron chi connectivity index (χ3n) is 7.16. The van der Waals surface area contributed by atoms with Gasteiger partial charge in [0.2, 0.25) is 0 Å². The third-order valence-corrected chi connectivity index (χ3v) is 8.52. The Bertz CT molecular complexity index is 1430. The molecule has 2 unspecified atom stereocenters. The van der Waals surface area contributed by atoms with Gasteiger partial charge < -0.3 is 9.64 Å². The van der Waals surface area contributed by atoms with Gasteiger partial charge in [-0.25, -0.2) is 4.39 Å². The lowest BCUT2D eigenvalue weighted by molar-refractivity contribution is -0.143. The van der Waals surface area contributed by atoms with Crippen LogP contribution >= 0.6 is 11.8 Å². The fraction of sp³-hybridized carbons (Fsp3) is 0.367. The Balaban J connectivity index is 1.75. The average Bonchev–Trinajstić information content (AvgIpc) is 3.15. The molecule has 1 amide bonds. The van der Waals surface area contributed by atoms with Crippen LogP contribution in [0.15, 0.2) is 48.5 Å². The molecule has 1 saturated heterocycles. The highest BCUT2D eigenvalue weighted by Gasteiger charge is 2.42. The number of carbonyl (C=O) groups is 1. The van der Waals surface area contributed by atoms with E-state index in [2.05, 4.69) is 0 Å². The first-order chi connectivity index (χ1) is 19.0. The number of thioether (sulfide) groups is 1. The largest absolute Gasteiger partial charge is 0.496 e. The van der Waals surface area contributed by atoms with Crippen molar-refractivity contribution in [1.29, 1.82) is 0 Å². The number of aryl methyl sites for hydroxylation is 1. The van der Waals surface area contributed by atoms with E-state index in [4.69, 9.17) is 4.74 Å². The number of methoxy groups -OCH3 is 1. The van der Waals surface area contributed by atoms with Crippen LogP contribution in [0.4, 0.5) is 35.5 Å². The molecular formula is C30H28F7NO2S. The second-order valence-corrected chi connectivity index (χ2v) is 11.5. The molecule has 1 fully saturated rings. The predicted octanol–water partition coefficient (Wildman–Crippen LogP) is 9.77. The van der Waals surface area contributed by atoms with Gasteiger partial charge >= 0.3 is 12.4 Å². The van der Waals surface area contributed by atoms with Gasteiger partial charge in [-0.05, 0) is 66.3 Å². The molecule has 0 saturated carbocycles. The van der Waals surface area contributed by atoms with Crippen LogP contribution in [0.25, 0.3) is 11.1 Å². The first-order valence-corrected chi connectivity index (χ1v) is 13.6. The maximum Gasteiger partial charge on any atom is 0.416 e. The molecule has 1 aliphatic rings. The minimum Gasteiger partial charge on any atom is -0.496 e. The van der Waals surface area contributed by atoms with Crippen LogP contribution in [0.1, 0.15) is 65.3 Å². The smallest absolute Gasteiger partial charge is 0.416 e. The minimum absolute atomic E-state index is 0.0309. The van der Waals surface area contributed by atoms with Crippen molar-refractivity contribution >= 4 is 17.0 Å². The topological polar surface area (TPSA) is 29.5 Å². The van der Waals surface area contributed by atoms with Crippen molar-refractivity contribution in [2.45, 2.75) is 63.8 Å². The van der Waals surface area contributed by atoms with Gasteiger partial charge in [-0.3, -0.25) is 4.79 Å². The summed E-state index contributed by atoms with van der Waals surface area (Å²) in [6, 6.07) is 9.21. The van der Waals surface area contributed by atoms with Crippen molar-refractivity contribution in [1.82, 2.24) is 4.90 Å². The summed E-state index contributed by atoms with van der Waals surface area (Å²) in [7, 11) is 1.42. The zero-order valence-corrected chi connectivity index (χ0v) is 23.7. The Kier molecular flexibility index (Phi) is 8.42. The summed E-state index contributed by atoms with van der Waals surface area (Å²) in [5.74, 6) is -0.259. The van der Waals surface area contributed by atoms with Gasteiger partial charge in [-0.15, -0.1) is 0 Å². The Morgan fingerprint density at radius 3 is 2.07 bits per heavy atom. The lowest BCUT2D eigenvalue weighted by atomic mass is 9.92. The Hall–Kier alpha value is -3.21. The van der Waals surface area contributed by atoms with Crippen LogP contribution in [0.3, 0.4) is 0 Å². The number of hydrogen-bond donors (Lipinski definition) is 0.